The second kappa shape index (κ2) is 4.12. The van der Waals surface area contributed by atoms with Gasteiger partial charge >= 0.3 is 0 Å². The molecule has 0 unspecified atom stereocenters. The Balaban J connectivity index is 2.04. The molecule has 19 heavy (non-hydrogen) atoms. The summed E-state index contributed by atoms with van der Waals surface area (Å²) in [5, 5.41) is 3.66. The van der Waals surface area contributed by atoms with Crippen molar-refractivity contribution in [2.24, 2.45) is 0 Å². The van der Waals surface area contributed by atoms with E-state index in [9.17, 15) is 4.79 Å². The summed E-state index contributed by atoms with van der Waals surface area (Å²) >= 11 is 0. The number of benzene rings is 1. The monoisotopic (exact) mass is 257 g/mol. The second-order valence-electron chi connectivity index (χ2n) is 5.00. The van der Waals surface area contributed by atoms with Gasteiger partial charge in [-0.3, -0.25) is 4.79 Å². The van der Waals surface area contributed by atoms with E-state index in [1.54, 1.807) is 6.20 Å². The highest BCUT2D eigenvalue weighted by atomic mass is 16.5. The summed E-state index contributed by atoms with van der Waals surface area (Å²) in [5.74, 6) is 0.341. The zero-order valence-electron chi connectivity index (χ0n) is 10.9. The molecule has 2 heterocycles. The Hall–Kier alpha value is -2.30. The summed E-state index contributed by atoms with van der Waals surface area (Å²) in [7, 11) is 0. The fourth-order valence-corrected chi connectivity index (χ4v) is 2.37. The van der Waals surface area contributed by atoms with Crippen molar-refractivity contribution in [3.8, 4) is 11.1 Å². The Kier molecular flexibility index (Phi) is 2.55. The number of carbonyl (C=O) groups excluding carboxylic acids is 1. The average molecular weight is 257 g/mol. The van der Waals surface area contributed by atoms with Crippen LogP contribution in [0.25, 0.3) is 11.1 Å². The molecule has 0 saturated carbocycles. The Labute approximate surface area is 111 Å². The molecule has 2 aromatic rings. The lowest BCUT2D eigenvalue weighted by molar-refractivity contribution is 0.0730. The SMILES string of the molecule is CC(C)N1Cc2ccc(-c3cnoc3N)cc2C1=O. The quantitative estimate of drug-likeness (QED) is 0.895. The minimum Gasteiger partial charge on any atom is -0.367 e. The highest BCUT2D eigenvalue weighted by molar-refractivity contribution is 5.99. The van der Waals surface area contributed by atoms with Crippen molar-refractivity contribution >= 4 is 11.8 Å². The number of carbonyl (C=O) groups is 1. The lowest BCUT2D eigenvalue weighted by Crippen LogP contribution is -2.30. The van der Waals surface area contributed by atoms with Crippen molar-refractivity contribution < 1.29 is 9.32 Å². The molecule has 3 rings (SSSR count). The third-order valence-electron chi connectivity index (χ3n) is 3.47. The van der Waals surface area contributed by atoms with Crippen LogP contribution in [0.1, 0.15) is 29.8 Å². The van der Waals surface area contributed by atoms with Crippen LogP contribution < -0.4 is 5.73 Å². The third kappa shape index (κ3) is 1.78. The predicted octanol–water partition coefficient (Wildman–Crippen LogP) is 2.29. The van der Waals surface area contributed by atoms with E-state index >= 15 is 0 Å². The Morgan fingerprint density at radius 1 is 1.37 bits per heavy atom. The van der Waals surface area contributed by atoms with Crippen LogP contribution in [0.15, 0.2) is 28.9 Å². The van der Waals surface area contributed by atoms with Crippen molar-refractivity contribution in [1.82, 2.24) is 10.1 Å². The molecule has 0 fully saturated rings. The van der Waals surface area contributed by atoms with Crippen LogP contribution in [0, 0.1) is 0 Å². The maximum atomic E-state index is 12.3. The van der Waals surface area contributed by atoms with E-state index in [0.29, 0.717) is 6.54 Å². The van der Waals surface area contributed by atoms with Crippen LogP contribution in [0.5, 0.6) is 0 Å². The van der Waals surface area contributed by atoms with Gasteiger partial charge in [-0.05, 0) is 31.0 Å². The molecule has 2 N–H and O–H groups in total. The first-order valence-corrected chi connectivity index (χ1v) is 6.22. The van der Waals surface area contributed by atoms with Crippen molar-refractivity contribution in [1.29, 1.82) is 0 Å². The lowest BCUT2D eigenvalue weighted by Gasteiger charge is -2.19. The molecule has 0 spiro atoms. The van der Waals surface area contributed by atoms with Crippen molar-refractivity contribution in [3.63, 3.8) is 0 Å². The van der Waals surface area contributed by atoms with Crippen molar-refractivity contribution in [2.45, 2.75) is 26.4 Å². The number of fused-ring (bicyclic) bond motifs is 1. The minimum atomic E-state index is 0.0712. The number of anilines is 1. The van der Waals surface area contributed by atoms with Crippen LogP contribution >= 0.6 is 0 Å². The van der Waals surface area contributed by atoms with Crippen LogP contribution in [0.3, 0.4) is 0 Å². The number of amides is 1. The molecule has 1 amide bonds. The zero-order chi connectivity index (χ0) is 13.6. The molecule has 5 nitrogen and oxygen atoms in total. The molecule has 98 valence electrons. The van der Waals surface area contributed by atoms with Crippen LogP contribution in [-0.2, 0) is 6.54 Å². The summed E-state index contributed by atoms with van der Waals surface area (Å²) < 4.78 is 4.86. The summed E-state index contributed by atoms with van der Waals surface area (Å²) in [6.45, 7) is 4.70. The predicted molar refractivity (Wildman–Crippen MR) is 71.4 cm³/mol. The van der Waals surface area contributed by atoms with Gasteiger partial charge in [-0.1, -0.05) is 17.3 Å². The third-order valence-corrected chi connectivity index (χ3v) is 3.47. The standard InChI is InChI=1S/C14H15N3O2/c1-8(2)17-7-10-4-3-9(5-11(10)14(17)18)12-6-16-19-13(12)15/h3-6,8H,7,15H2,1-2H3. The maximum absolute atomic E-state index is 12.3. The number of nitrogen functional groups attached to an aromatic ring is 1. The van der Waals surface area contributed by atoms with E-state index in [2.05, 4.69) is 5.16 Å². The van der Waals surface area contributed by atoms with Gasteiger partial charge in [-0.2, -0.15) is 0 Å². The molecular weight excluding hydrogens is 242 g/mol. The molecule has 0 radical (unpaired) electrons. The number of hydrogen-bond acceptors (Lipinski definition) is 4. The first kappa shape index (κ1) is 11.8. The fraction of sp³-hybridized carbons (Fsp3) is 0.286. The van der Waals surface area contributed by atoms with Gasteiger partial charge in [0, 0.05) is 18.2 Å². The molecule has 0 atom stereocenters. The largest absolute Gasteiger partial charge is 0.367 e. The van der Waals surface area contributed by atoms with E-state index in [0.717, 1.165) is 22.3 Å². The summed E-state index contributed by atoms with van der Waals surface area (Å²) in [5.41, 5.74) is 9.08. The Bertz CT molecular complexity index is 646. The highest BCUT2D eigenvalue weighted by Gasteiger charge is 2.29. The van der Waals surface area contributed by atoms with Crippen LogP contribution in [0.4, 0.5) is 5.88 Å². The van der Waals surface area contributed by atoms with Gasteiger partial charge < -0.3 is 15.2 Å². The van der Waals surface area contributed by atoms with Crippen LogP contribution in [-0.4, -0.2) is 22.0 Å². The average Bonchev–Trinajstić information content (AvgIpc) is 2.94. The van der Waals surface area contributed by atoms with E-state index in [1.807, 2.05) is 36.9 Å². The molecule has 5 heteroatoms. The van der Waals surface area contributed by atoms with Gasteiger partial charge in [0.05, 0.1) is 11.8 Å². The molecule has 0 saturated heterocycles. The Morgan fingerprint density at radius 3 is 2.79 bits per heavy atom. The second-order valence-corrected chi connectivity index (χ2v) is 5.00. The van der Waals surface area contributed by atoms with Crippen molar-refractivity contribution in [2.75, 3.05) is 5.73 Å². The molecule has 1 aromatic heterocycles. The van der Waals surface area contributed by atoms with Crippen molar-refractivity contribution in [3.05, 3.63) is 35.5 Å². The summed E-state index contributed by atoms with van der Waals surface area (Å²) in [6, 6.07) is 5.98. The zero-order valence-corrected chi connectivity index (χ0v) is 10.9. The van der Waals surface area contributed by atoms with Crippen LogP contribution in [0.2, 0.25) is 0 Å². The molecule has 1 aliphatic heterocycles. The van der Waals surface area contributed by atoms with E-state index in [-0.39, 0.29) is 17.8 Å². The first-order chi connectivity index (χ1) is 9.08. The smallest absolute Gasteiger partial charge is 0.254 e. The van der Waals surface area contributed by atoms with Gasteiger partial charge in [0.1, 0.15) is 0 Å². The summed E-state index contributed by atoms with van der Waals surface area (Å²) in [4.78, 5) is 14.2. The van der Waals surface area contributed by atoms with Gasteiger partial charge in [0.2, 0.25) is 5.88 Å². The van der Waals surface area contributed by atoms with Gasteiger partial charge in [-0.25, -0.2) is 0 Å². The minimum absolute atomic E-state index is 0.0712. The van der Waals surface area contributed by atoms with E-state index < -0.39 is 0 Å². The van der Waals surface area contributed by atoms with Gasteiger partial charge in [0.25, 0.3) is 5.91 Å². The van der Waals surface area contributed by atoms with Gasteiger partial charge in [-0.15, -0.1) is 0 Å². The van der Waals surface area contributed by atoms with E-state index in [4.69, 9.17) is 10.3 Å². The molecule has 0 bridgehead atoms. The molecular formula is C14H15N3O2. The number of aromatic nitrogens is 1. The topological polar surface area (TPSA) is 72.4 Å². The normalized spacial score (nSPS) is 14.3. The Morgan fingerprint density at radius 2 is 2.16 bits per heavy atom. The maximum Gasteiger partial charge on any atom is 0.254 e. The number of nitrogens with zero attached hydrogens (tertiary/aromatic N) is 2. The molecule has 0 aliphatic carbocycles. The highest BCUT2D eigenvalue weighted by Crippen LogP contribution is 2.31. The van der Waals surface area contributed by atoms with Gasteiger partial charge in [0.15, 0.2) is 0 Å². The fourth-order valence-electron chi connectivity index (χ4n) is 2.37. The molecule has 1 aromatic carbocycles. The number of nitrogens with two attached hydrogens (primary N) is 1. The molecule has 1 aliphatic rings. The summed E-state index contributed by atoms with van der Waals surface area (Å²) in [6.07, 6.45) is 1.57. The lowest BCUT2D eigenvalue weighted by atomic mass is 10.0. The van der Waals surface area contributed by atoms with E-state index in [1.165, 1.54) is 0 Å². The number of rotatable bonds is 2. The number of hydrogen-bond donors (Lipinski definition) is 1. The first-order valence-electron chi connectivity index (χ1n) is 6.22.